The van der Waals surface area contributed by atoms with Crippen LogP contribution >= 0.6 is 0 Å². The number of nitrogens with zero attached hydrogens (tertiary/aromatic N) is 4. The standard InChI is InChI=1S/C45H51F3N6O5/c1-5-58-44-41(20-34-37(48)24-49-42(34)50-44)59-39-19-29(10-11-33(39)43(55)51-56)53-14-12-45(13-15-53)22-30(23-45)54-17-16-52(25-28-18-36(47)40(57-4)21-35(28)46)26-38(54)32-9-7-6-8-31(32)27(2)3/h6-11,18-21,24,27,30,38,56H,5,12-17,22-23,25-26H2,1-4H3,(H,49,50)(H,51,55)/t38-/m0/s1. The van der Waals surface area contributed by atoms with Crippen LogP contribution in [-0.2, 0) is 6.54 Å². The van der Waals surface area contributed by atoms with Gasteiger partial charge < -0.3 is 24.1 Å². The van der Waals surface area contributed by atoms with Crippen LogP contribution in [0, 0.1) is 22.9 Å². The summed E-state index contributed by atoms with van der Waals surface area (Å²) in [5.41, 5.74) is 6.08. The Kier molecular flexibility index (Phi) is 11.5. The number of aromatic nitrogens is 2. The molecule has 4 heterocycles. The zero-order chi connectivity index (χ0) is 41.4. The maximum atomic E-state index is 15.1. The number of H-pyrrole nitrogens is 1. The predicted molar refractivity (Wildman–Crippen MR) is 218 cm³/mol. The van der Waals surface area contributed by atoms with Gasteiger partial charge in [-0.3, -0.25) is 19.8 Å². The number of carbonyl (C=O) groups excluding carboxylic acids is 1. The second-order valence-corrected chi connectivity index (χ2v) is 16.4. The Morgan fingerprint density at radius 1 is 0.966 bits per heavy atom. The van der Waals surface area contributed by atoms with E-state index in [1.807, 2.05) is 6.07 Å². The van der Waals surface area contributed by atoms with Crippen LogP contribution in [0.3, 0.4) is 0 Å². The largest absolute Gasteiger partial charge is 0.494 e. The maximum Gasteiger partial charge on any atom is 0.278 e. The van der Waals surface area contributed by atoms with Gasteiger partial charge in [-0.15, -0.1) is 0 Å². The van der Waals surface area contributed by atoms with Gasteiger partial charge in [0.2, 0.25) is 0 Å². The Bertz CT molecular complexity index is 2320. The summed E-state index contributed by atoms with van der Waals surface area (Å²) in [5, 5.41) is 9.74. The molecule has 1 spiro atoms. The second-order valence-electron chi connectivity index (χ2n) is 16.4. The Morgan fingerprint density at radius 3 is 2.47 bits per heavy atom. The van der Waals surface area contributed by atoms with E-state index in [-0.39, 0.29) is 52.1 Å². The van der Waals surface area contributed by atoms with Crippen LogP contribution in [0.2, 0.25) is 0 Å². The molecule has 8 rings (SSSR count). The molecule has 14 heteroatoms. The van der Waals surface area contributed by atoms with Crippen molar-refractivity contribution in [2.45, 2.75) is 71.0 Å². The third kappa shape index (κ3) is 8.05. The summed E-state index contributed by atoms with van der Waals surface area (Å²) in [7, 11) is 1.34. The number of amides is 1. The lowest BCUT2D eigenvalue weighted by molar-refractivity contribution is -0.0629. The molecule has 0 radical (unpaired) electrons. The van der Waals surface area contributed by atoms with Crippen LogP contribution in [-0.4, -0.2) is 83.4 Å². The molecule has 1 saturated carbocycles. The lowest BCUT2D eigenvalue weighted by Crippen LogP contribution is -2.60. The average molecular weight is 813 g/mol. The normalized spacial score (nSPS) is 18.7. The Hall–Kier alpha value is -5.31. The first kappa shape index (κ1) is 40.5. The molecule has 1 amide bonds. The van der Waals surface area contributed by atoms with Crippen molar-refractivity contribution >= 4 is 22.6 Å². The number of methoxy groups -OCH3 is 1. The van der Waals surface area contributed by atoms with Crippen molar-refractivity contribution in [1.29, 1.82) is 0 Å². The minimum Gasteiger partial charge on any atom is -0.494 e. The van der Waals surface area contributed by atoms with Crippen LogP contribution in [0.5, 0.6) is 23.1 Å². The number of rotatable bonds is 12. The van der Waals surface area contributed by atoms with E-state index in [0.29, 0.717) is 36.3 Å². The number of anilines is 1. The van der Waals surface area contributed by atoms with Crippen molar-refractivity contribution < 1.29 is 37.4 Å². The quantitative estimate of drug-likeness (QED) is 0.0841. The first-order chi connectivity index (χ1) is 28.5. The monoisotopic (exact) mass is 812 g/mol. The molecule has 312 valence electrons. The highest BCUT2D eigenvalue weighted by atomic mass is 19.1. The first-order valence-electron chi connectivity index (χ1n) is 20.4. The Morgan fingerprint density at radius 2 is 1.75 bits per heavy atom. The number of piperazine rings is 1. The fourth-order valence-corrected chi connectivity index (χ4v) is 9.41. The lowest BCUT2D eigenvalue weighted by atomic mass is 9.59. The number of pyridine rings is 1. The van der Waals surface area contributed by atoms with Crippen molar-refractivity contribution in [3.05, 3.63) is 107 Å². The van der Waals surface area contributed by atoms with Gasteiger partial charge in [0.25, 0.3) is 11.8 Å². The summed E-state index contributed by atoms with van der Waals surface area (Å²) in [6, 6.07) is 18.2. The molecule has 59 heavy (non-hydrogen) atoms. The van der Waals surface area contributed by atoms with Gasteiger partial charge in [0, 0.05) is 87.0 Å². The number of carbonyl (C=O) groups is 1. The van der Waals surface area contributed by atoms with Crippen LogP contribution in [0.4, 0.5) is 18.9 Å². The van der Waals surface area contributed by atoms with Crippen LogP contribution in [0.25, 0.3) is 11.0 Å². The van der Waals surface area contributed by atoms with Crippen LogP contribution in [0.1, 0.15) is 85.5 Å². The van der Waals surface area contributed by atoms with Crippen LogP contribution in [0.15, 0.2) is 66.9 Å². The van der Waals surface area contributed by atoms with Crippen molar-refractivity contribution in [1.82, 2.24) is 25.2 Å². The van der Waals surface area contributed by atoms with E-state index >= 15 is 4.39 Å². The number of nitrogens with one attached hydrogen (secondary N) is 2. The summed E-state index contributed by atoms with van der Waals surface area (Å²) in [6.45, 7) is 10.7. The second kappa shape index (κ2) is 16.7. The van der Waals surface area contributed by atoms with Gasteiger partial charge in [-0.1, -0.05) is 38.1 Å². The van der Waals surface area contributed by atoms with Crippen LogP contribution < -0.4 is 24.6 Å². The molecular formula is C45H51F3N6O5. The van der Waals surface area contributed by atoms with Gasteiger partial charge in [0.1, 0.15) is 23.0 Å². The molecule has 2 saturated heterocycles. The van der Waals surface area contributed by atoms with E-state index in [1.54, 1.807) is 24.5 Å². The number of fused-ring (bicyclic) bond motifs is 1. The Labute approximate surface area is 342 Å². The van der Waals surface area contributed by atoms with E-state index in [0.717, 1.165) is 63.6 Å². The van der Waals surface area contributed by atoms with Gasteiger partial charge in [-0.2, -0.15) is 4.98 Å². The highest BCUT2D eigenvalue weighted by Crippen LogP contribution is 2.53. The summed E-state index contributed by atoms with van der Waals surface area (Å²) in [5.74, 6) is -1.59. The fraction of sp³-hybridized carbons (Fsp3) is 0.422. The zero-order valence-electron chi connectivity index (χ0n) is 33.9. The molecule has 0 unspecified atom stereocenters. The molecule has 3 aromatic carbocycles. The number of halogens is 3. The van der Waals surface area contributed by atoms with Gasteiger partial charge in [0.05, 0.1) is 24.7 Å². The third-order valence-corrected chi connectivity index (χ3v) is 12.6. The summed E-state index contributed by atoms with van der Waals surface area (Å²) >= 11 is 0. The highest BCUT2D eigenvalue weighted by Gasteiger charge is 2.50. The number of hydrogen-bond donors (Lipinski definition) is 3. The van der Waals surface area contributed by atoms with Crippen molar-refractivity contribution in [2.75, 3.05) is 51.3 Å². The summed E-state index contributed by atoms with van der Waals surface area (Å²) < 4.78 is 61.3. The number of benzene rings is 3. The predicted octanol–water partition coefficient (Wildman–Crippen LogP) is 8.73. The highest BCUT2D eigenvalue weighted by molar-refractivity contribution is 5.97. The van der Waals surface area contributed by atoms with Gasteiger partial charge in [-0.05, 0) is 73.3 Å². The van der Waals surface area contributed by atoms with E-state index in [2.05, 4.69) is 62.8 Å². The molecular weight excluding hydrogens is 762 g/mol. The van der Waals surface area contributed by atoms with E-state index in [1.165, 1.54) is 36.6 Å². The lowest BCUT2D eigenvalue weighted by Gasteiger charge is -2.58. The molecule has 11 nitrogen and oxygen atoms in total. The van der Waals surface area contributed by atoms with Gasteiger partial charge in [-0.25, -0.2) is 18.7 Å². The van der Waals surface area contributed by atoms with Crippen molar-refractivity contribution in [2.24, 2.45) is 5.41 Å². The summed E-state index contributed by atoms with van der Waals surface area (Å²) in [6.07, 6.45) is 5.36. The zero-order valence-corrected chi connectivity index (χ0v) is 33.9. The molecule has 2 aliphatic heterocycles. The SMILES string of the molecule is CCOc1nc2[nH]cc(F)c2cc1Oc1cc(N2CCC3(CC2)CC(N2CCN(Cc4cc(F)c(OC)cc4F)C[C@H]2c2ccccc2C(C)C)C3)ccc1C(=O)NO. The smallest absolute Gasteiger partial charge is 0.278 e. The molecule has 3 N–H and O–H groups in total. The number of hydroxylamine groups is 1. The number of ether oxygens (including phenoxy) is 3. The molecule has 5 aromatic rings. The number of aromatic amines is 1. The fourth-order valence-electron chi connectivity index (χ4n) is 9.41. The number of piperidine rings is 1. The van der Waals surface area contributed by atoms with E-state index in [9.17, 15) is 18.8 Å². The summed E-state index contributed by atoms with van der Waals surface area (Å²) in [4.78, 5) is 27.1. The molecule has 3 aliphatic rings. The van der Waals surface area contributed by atoms with Gasteiger partial charge >= 0.3 is 0 Å². The topological polar surface area (TPSA) is 115 Å². The van der Waals surface area contributed by atoms with Crippen molar-refractivity contribution in [3.63, 3.8) is 0 Å². The molecule has 0 bridgehead atoms. The molecule has 2 aromatic heterocycles. The first-order valence-corrected chi connectivity index (χ1v) is 20.4. The van der Waals surface area contributed by atoms with Gasteiger partial charge in [0.15, 0.2) is 17.3 Å². The maximum absolute atomic E-state index is 15.1. The molecule has 1 aliphatic carbocycles. The van der Waals surface area contributed by atoms with E-state index < -0.39 is 23.4 Å². The third-order valence-electron chi connectivity index (χ3n) is 12.6. The Balaban J connectivity index is 0.974. The van der Waals surface area contributed by atoms with E-state index in [4.69, 9.17) is 14.2 Å². The molecule has 3 fully saturated rings. The average Bonchev–Trinajstić information content (AvgIpc) is 3.59. The minimum absolute atomic E-state index is 0.0945. The molecule has 1 atom stereocenters. The minimum atomic E-state index is -0.749. The number of hydrogen-bond acceptors (Lipinski definition) is 9. The van der Waals surface area contributed by atoms with Crippen molar-refractivity contribution in [3.8, 4) is 23.1 Å².